The molecule has 6 nitrogen and oxygen atoms in total. The van der Waals surface area contributed by atoms with Crippen molar-refractivity contribution in [1.82, 2.24) is 9.80 Å². The minimum absolute atomic E-state index is 0.0990. The Labute approximate surface area is 215 Å². The van der Waals surface area contributed by atoms with E-state index in [1.807, 2.05) is 31.0 Å². The number of nitrogens with zero attached hydrogens (tertiary/aromatic N) is 3. The molecule has 0 saturated carbocycles. The van der Waals surface area contributed by atoms with Crippen LogP contribution in [0, 0.1) is 23.7 Å². The Morgan fingerprint density at radius 3 is 2.68 bits per heavy atom. The van der Waals surface area contributed by atoms with Crippen molar-refractivity contribution in [2.75, 3.05) is 45.1 Å². The Hall–Kier alpha value is -3.35. The second kappa shape index (κ2) is 11.4. The van der Waals surface area contributed by atoms with Crippen molar-refractivity contribution < 1.29 is 18.0 Å². The van der Waals surface area contributed by atoms with E-state index in [0.29, 0.717) is 18.7 Å². The summed E-state index contributed by atoms with van der Waals surface area (Å²) in [6.45, 7) is 5.76. The molecular weight excluding hydrogens is 479 g/mol. The van der Waals surface area contributed by atoms with Gasteiger partial charge in [0.15, 0.2) is 0 Å². The van der Waals surface area contributed by atoms with Crippen LogP contribution in [0.1, 0.15) is 24.5 Å². The number of nitrogens with one attached hydrogen (secondary N) is 1. The van der Waals surface area contributed by atoms with E-state index in [1.54, 1.807) is 18.4 Å². The second-order valence-electron chi connectivity index (χ2n) is 9.78. The maximum atomic E-state index is 13.9. The summed E-state index contributed by atoms with van der Waals surface area (Å²) in [5.41, 5.74) is 7.67. The van der Waals surface area contributed by atoms with Gasteiger partial charge in [0, 0.05) is 55.9 Å². The smallest absolute Gasteiger partial charge is 0.398 e. The molecule has 3 aliphatic rings. The standard InChI is InChI=1S/C28H32F3N5O/c1-19-3-5-22(14-21(19)6-4-20-13-24(32)17-33-16-20)27(37)34-25-8-7-23(26(15-25)28(29,30)31)18-36-11-9-35(2)10-12-36/h3,7-8,13-15,17,20,22H,5,9-12,16,18,32H2,1-2H3,(H,34,37). The number of halogens is 3. The highest BCUT2D eigenvalue weighted by Gasteiger charge is 2.34. The topological polar surface area (TPSA) is 74.0 Å². The molecular formula is C28H32F3N5O. The zero-order valence-electron chi connectivity index (χ0n) is 21.1. The van der Waals surface area contributed by atoms with Gasteiger partial charge in [0.1, 0.15) is 0 Å². The molecule has 0 bridgehead atoms. The van der Waals surface area contributed by atoms with Gasteiger partial charge in [-0.25, -0.2) is 0 Å². The summed E-state index contributed by atoms with van der Waals surface area (Å²) < 4.78 is 41.7. The van der Waals surface area contributed by atoms with Crippen molar-refractivity contribution >= 4 is 17.8 Å². The van der Waals surface area contributed by atoms with Crippen LogP contribution in [0.25, 0.3) is 0 Å². The fraction of sp³-hybridized carbons (Fsp3) is 0.429. The molecule has 2 aliphatic heterocycles. The lowest BCUT2D eigenvalue weighted by molar-refractivity contribution is -0.138. The molecule has 1 saturated heterocycles. The van der Waals surface area contributed by atoms with Gasteiger partial charge < -0.3 is 16.0 Å². The number of aliphatic imine (C=N–C) groups is 1. The monoisotopic (exact) mass is 511 g/mol. The lowest BCUT2D eigenvalue weighted by Crippen LogP contribution is -2.44. The number of nitrogens with two attached hydrogens (primary N) is 1. The first-order chi connectivity index (χ1) is 17.6. The van der Waals surface area contributed by atoms with Crippen LogP contribution in [0.5, 0.6) is 0 Å². The number of rotatable bonds is 4. The largest absolute Gasteiger partial charge is 0.416 e. The van der Waals surface area contributed by atoms with Crippen LogP contribution >= 0.6 is 0 Å². The summed E-state index contributed by atoms with van der Waals surface area (Å²) in [4.78, 5) is 21.3. The van der Waals surface area contributed by atoms with Gasteiger partial charge in [0.2, 0.25) is 5.91 Å². The molecule has 1 fully saturated rings. The third-order valence-corrected chi connectivity index (χ3v) is 6.81. The number of hydrogen-bond acceptors (Lipinski definition) is 5. The summed E-state index contributed by atoms with van der Waals surface area (Å²) in [5.74, 6) is 5.26. The normalized spacial score (nSPS) is 22.9. The van der Waals surface area contributed by atoms with Crippen molar-refractivity contribution in [2.24, 2.45) is 22.6 Å². The predicted octanol–water partition coefficient (Wildman–Crippen LogP) is 3.83. The van der Waals surface area contributed by atoms with Crippen molar-refractivity contribution in [3.05, 3.63) is 64.4 Å². The van der Waals surface area contributed by atoms with Crippen LogP contribution in [-0.4, -0.2) is 61.7 Å². The second-order valence-corrected chi connectivity index (χ2v) is 9.78. The molecule has 37 heavy (non-hydrogen) atoms. The molecule has 0 radical (unpaired) electrons. The lowest BCUT2D eigenvalue weighted by Gasteiger charge is -2.33. The summed E-state index contributed by atoms with van der Waals surface area (Å²) >= 11 is 0. The number of piperazine rings is 1. The Balaban J connectivity index is 1.47. The minimum Gasteiger partial charge on any atom is -0.398 e. The van der Waals surface area contributed by atoms with Crippen molar-refractivity contribution in [3.63, 3.8) is 0 Å². The summed E-state index contributed by atoms with van der Waals surface area (Å²) in [6.07, 6.45) is 3.10. The Morgan fingerprint density at radius 1 is 1.22 bits per heavy atom. The third-order valence-electron chi connectivity index (χ3n) is 6.81. The molecule has 9 heteroatoms. The maximum Gasteiger partial charge on any atom is 0.416 e. The molecule has 2 atom stereocenters. The number of amides is 1. The molecule has 1 amide bonds. The number of anilines is 1. The summed E-state index contributed by atoms with van der Waals surface area (Å²) in [6, 6.07) is 4.06. The Bertz CT molecular complexity index is 1210. The van der Waals surface area contributed by atoms with E-state index >= 15 is 0 Å². The highest BCUT2D eigenvalue weighted by atomic mass is 19.4. The number of allylic oxidation sites excluding steroid dienone is 4. The minimum atomic E-state index is -4.52. The van der Waals surface area contributed by atoms with Crippen LogP contribution in [-0.2, 0) is 17.5 Å². The van der Waals surface area contributed by atoms with Gasteiger partial charge in [-0.05, 0) is 49.7 Å². The van der Waals surface area contributed by atoms with E-state index in [2.05, 4.69) is 27.0 Å². The van der Waals surface area contributed by atoms with Gasteiger partial charge >= 0.3 is 6.18 Å². The quantitative estimate of drug-likeness (QED) is 0.603. The van der Waals surface area contributed by atoms with Crippen LogP contribution < -0.4 is 11.1 Å². The molecule has 3 N–H and O–H groups in total. The van der Waals surface area contributed by atoms with E-state index in [4.69, 9.17) is 5.73 Å². The van der Waals surface area contributed by atoms with Gasteiger partial charge in [0.05, 0.1) is 23.9 Å². The van der Waals surface area contributed by atoms with Gasteiger partial charge in [0.25, 0.3) is 0 Å². The molecule has 1 aromatic carbocycles. The van der Waals surface area contributed by atoms with Gasteiger partial charge in [-0.1, -0.05) is 30.1 Å². The van der Waals surface area contributed by atoms with E-state index in [1.165, 1.54) is 6.07 Å². The first-order valence-electron chi connectivity index (χ1n) is 12.4. The molecule has 0 aromatic heterocycles. The van der Waals surface area contributed by atoms with E-state index in [-0.39, 0.29) is 29.6 Å². The van der Waals surface area contributed by atoms with Crippen LogP contribution in [0.2, 0.25) is 0 Å². The molecule has 4 rings (SSSR count). The SMILES string of the molecule is CC1=CCC(C(=O)Nc2ccc(CN3CCN(C)CC3)c(C(F)(F)F)c2)C=C1C#CC1C=C(N)C=NC1. The Kier molecular flexibility index (Phi) is 8.20. The number of alkyl halides is 3. The van der Waals surface area contributed by atoms with Gasteiger partial charge in [-0.2, -0.15) is 13.2 Å². The first-order valence-corrected chi connectivity index (χ1v) is 12.4. The molecule has 1 aromatic rings. The first kappa shape index (κ1) is 26.7. The van der Waals surface area contributed by atoms with Gasteiger partial charge in [-0.3, -0.25) is 14.7 Å². The van der Waals surface area contributed by atoms with E-state index < -0.39 is 17.7 Å². The number of benzene rings is 1. The number of carbonyl (C=O) groups is 1. The molecule has 0 spiro atoms. The molecule has 2 unspecified atom stereocenters. The van der Waals surface area contributed by atoms with Crippen LogP contribution in [0.3, 0.4) is 0 Å². The van der Waals surface area contributed by atoms with Crippen LogP contribution in [0.4, 0.5) is 18.9 Å². The van der Waals surface area contributed by atoms with Gasteiger partial charge in [-0.15, -0.1) is 0 Å². The number of likely N-dealkylation sites (N-methyl/N-ethyl adjacent to an activating group) is 1. The number of carbonyl (C=O) groups excluding carboxylic acids is 1. The summed E-state index contributed by atoms with van der Waals surface area (Å²) in [7, 11) is 2.00. The number of dihydropyridines is 1. The average Bonchev–Trinajstić information content (AvgIpc) is 2.85. The number of hydrogen-bond donors (Lipinski definition) is 2. The van der Waals surface area contributed by atoms with Crippen molar-refractivity contribution in [1.29, 1.82) is 0 Å². The van der Waals surface area contributed by atoms with Crippen molar-refractivity contribution in [2.45, 2.75) is 26.1 Å². The van der Waals surface area contributed by atoms with E-state index in [0.717, 1.165) is 43.4 Å². The highest BCUT2D eigenvalue weighted by Crippen LogP contribution is 2.35. The summed E-state index contributed by atoms with van der Waals surface area (Å²) in [5, 5.41) is 2.68. The van der Waals surface area contributed by atoms with E-state index in [9.17, 15) is 18.0 Å². The molecule has 2 heterocycles. The average molecular weight is 512 g/mol. The maximum absolute atomic E-state index is 13.9. The molecule has 1 aliphatic carbocycles. The molecule has 196 valence electrons. The zero-order chi connectivity index (χ0) is 26.6. The lowest BCUT2D eigenvalue weighted by atomic mass is 9.90. The third kappa shape index (κ3) is 7.12. The van der Waals surface area contributed by atoms with Crippen molar-refractivity contribution in [3.8, 4) is 11.8 Å². The van der Waals surface area contributed by atoms with Crippen LogP contribution in [0.15, 0.2) is 58.3 Å². The zero-order valence-corrected chi connectivity index (χ0v) is 21.1. The fourth-order valence-corrected chi connectivity index (χ4v) is 4.53. The predicted molar refractivity (Wildman–Crippen MR) is 140 cm³/mol. The Morgan fingerprint density at radius 2 is 1.97 bits per heavy atom. The fourth-order valence-electron chi connectivity index (χ4n) is 4.53. The highest BCUT2D eigenvalue weighted by molar-refractivity contribution is 5.94.